The zero-order chi connectivity index (χ0) is 18.8. The van der Waals surface area contributed by atoms with Gasteiger partial charge in [-0.3, -0.25) is 4.55 Å². The second-order valence-electron chi connectivity index (χ2n) is 4.66. The summed E-state index contributed by atoms with van der Waals surface area (Å²) in [6.45, 7) is 1.81. The normalized spacial score (nSPS) is 12.1. The van der Waals surface area contributed by atoms with Crippen molar-refractivity contribution in [3.05, 3.63) is 29.6 Å². The number of nitrogens with two attached hydrogens (primary N) is 1. The van der Waals surface area contributed by atoms with Gasteiger partial charge in [0, 0.05) is 12.0 Å². The largest absolute Gasteiger partial charge is 1.00 e. The monoisotopic (exact) mass is 412 g/mol. The smallest absolute Gasteiger partial charge is 0.744 e. The Labute approximate surface area is 171 Å². The molecule has 0 radical (unpaired) electrons. The number of anilines is 1. The number of rotatable bonds is 6. The van der Waals surface area contributed by atoms with E-state index in [2.05, 4.69) is 20.7 Å². The summed E-state index contributed by atoms with van der Waals surface area (Å²) in [6.07, 6.45) is 1.50. The van der Waals surface area contributed by atoms with Gasteiger partial charge in [-0.25, -0.2) is 18.5 Å². The predicted octanol–water partition coefficient (Wildman–Crippen LogP) is -3.84. The van der Waals surface area contributed by atoms with Crippen LogP contribution in [0.2, 0.25) is 0 Å². The molecular weight excluding hydrogens is 399 g/mol. The van der Waals surface area contributed by atoms with Crippen LogP contribution in [0.4, 0.5) is 5.95 Å². The summed E-state index contributed by atoms with van der Waals surface area (Å²) >= 11 is 0. The molecule has 0 amide bonds. The van der Waals surface area contributed by atoms with E-state index in [4.69, 9.17) is 5.84 Å². The first-order valence-corrected chi connectivity index (χ1v) is 9.44. The summed E-state index contributed by atoms with van der Waals surface area (Å²) in [7, 11) is -9.69. The SMILES string of the molecule is CCc1nnc(N/N=C/c2ccc(S(=O)(=O)[O-])cc2S(=O)(=O)O)n1N.[Na+]. The van der Waals surface area contributed by atoms with E-state index in [0.717, 1.165) is 23.0 Å². The maximum atomic E-state index is 11.4. The van der Waals surface area contributed by atoms with Crippen LogP contribution in [0.25, 0.3) is 0 Å². The molecule has 0 aliphatic heterocycles. The van der Waals surface area contributed by atoms with E-state index in [0.29, 0.717) is 18.3 Å². The molecule has 136 valence electrons. The van der Waals surface area contributed by atoms with Crippen LogP contribution in [0.5, 0.6) is 0 Å². The number of hydrazone groups is 1. The molecule has 0 spiro atoms. The molecule has 0 fully saturated rings. The quantitative estimate of drug-likeness (QED) is 0.139. The first-order valence-electron chi connectivity index (χ1n) is 6.60. The van der Waals surface area contributed by atoms with Crippen LogP contribution in [-0.4, -0.2) is 47.0 Å². The van der Waals surface area contributed by atoms with Crippen molar-refractivity contribution in [3.63, 3.8) is 0 Å². The minimum Gasteiger partial charge on any atom is -0.744 e. The molecule has 12 nitrogen and oxygen atoms in total. The number of hydrogen-bond acceptors (Lipinski definition) is 10. The molecule has 0 saturated heterocycles. The van der Waals surface area contributed by atoms with Gasteiger partial charge in [0.25, 0.3) is 16.1 Å². The Morgan fingerprint density at radius 3 is 2.50 bits per heavy atom. The molecule has 2 aromatic rings. The molecule has 15 heteroatoms. The molecule has 0 aliphatic carbocycles. The van der Waals surface area contributed by atoms with Crippen LogP contribution < -0.4 is 40.8 Å². The summed E-state index contributed by atoms with van der Waals surface area (Å²) in [4.78, 5) is -1.60. The number of aromatic nitrogens is 3. The van der Waals surface area contributed by atoms with E-state index in [9.17, 15) is 25.9 Å². The number of nitrogen functional groups attached to an aromatic ring is 1. The fourth-order valence-corrected chi connectivity index (χ4v) is 3.07. The Morgan fingerprint density at radius 2 is 2.00 bits per heavy atom. The molecule has 26 heavy (non-hydrogen) atoms. The first-order chi connectivity index (χ1) is 11.5. The van der Waals surface area contributed by atoms with Crippen molar-refractivity contribution in [2.24, 2.45) is 5.10 Å². The zero-order valence-electron chi connectivity index (χ0n) is 13.7. The van der Waals surface area contributed by atoms with Crippen molar-refractivity contribution in [1.29, 1.82) is 0 Å². The van der Waals surface area contributed by atoms with Crippen molar-refractivity contribution in [2.75, 3.05) is 11.3 Å². The van der Waals surface area contributed by atoms with Gasteiger partial charge in [-0.15, -0.1) is 10.2 Å². The van der Waals surface area contributed by atoms with Crippen LogP contribution >= 0.6 is 0 Å². The molecule has 0 saturated carbocycles. The van der Waals surface area contributed by atoms with Crippen LogP contribution in [0.15, 0.2) is 33.1 Å². The molecule has 0 atom stereocenters. The molecule has 0 unspecified atom stereocenters. The minimum absolute atomic E-state index is 0. The second-order valence-corrected chi connectivity index (χ2v) is 7.43. The number of nitrogens with one attached hydrogen (secondary N) is 1. The van der Waals surface area contributed by atoms with Gasteiger partial charge in [-0.2, -0.15) is 13.5 Å². The third-order valence-corrected chi connectivity index (χ3v) is 4.74. The van der Waals surface area contributed by atoms with E-state index in [1.54, 1.807) is 0 Å². The fourth-order valence-electron chi connectivity index (χ4n) is 1.80. The van der Waals surface area contributed by atoms with Gasteiger partial charge < -0.3 is 10.4 Å². The third-order valence-electron chi connectivity index (χ3n) is 3.00. The van der Waals surface area contributed by atoms with E-state index in [1.807, 2.05) is 6.92 Å². The fraction of sp³-hybridized carbons (Fsp3) is 0.182. The van der Waals surface area contributed by atoms with Gasteiger partial charge in [-0.05, 0) is 12.1 Å². The van der Waals surface area contributed by atoms with E-state index < -0.39 is 30.0 Å². The average Bonchev–Trinajstić information content (AvgIpc) is 2.86. The maximum absolute atomic E-state index is 11.4. The predicted molar refractivity (Wildman–Crippen MR) is 85.0 cm³/mol. The second kappa shape index (κ2) is 8.43. The molecule has 1 aromatic heterocycles. The van der Waals surface area contributed by atoms with E-state index >= 15 is 0 Å². The first kappa shape index (κ1) is 22.5. The van der Waals surface area contributed by atoms with Gasteiger partial charge in [0.1, 0.15) is 15.0 Å². The molecule has 0 aliphatic rings. The van der Waals surface area contributed by atoms with Gasteiger partial charge in [0.2, 0.25) is 0 Å². The van der Waals surface area contributed by atoms with Gasteiger partial charge in [0.05, 0.1) is 11.1 Å². The molecular formula is C11H13N6NaO6S2. The van der Waals surface area contributed by atoms with Crippen LogP contribution in [0.3, 0.4) is 0 Å². The Bertz CT molecular complexity index is 1030. The summed E-state index contributed by atoms with van der Waals surface area (Å²) in [5, 5.41) is 11.2. The number of nitrogens with zero attached hydrogens (tertiary/aromatic N) is 4. The summed E-state index contributed by atoms with van der Waals surface area (Å²) in [6, 6.07) is 2.43. The zero-order valence-corrected chi connectivity index (χ0v) is 17.3. The Kier molecular flexibility index (Phi) is 7.29. The summed E-state index contributed by atoms with van der Waals surface area (Å²) in [5.74, 6) is 6.22. The molecule has 4 N–H and O–H groups in total. The molecule has 1 heterocycles. The van der Waals surface area contributed by atoms with Crippen molar-refractivity contribution in [1.82, 2.24) is 14.9 Å². The molecule has 2 rings (SSSR count). The van der Waals surface area contributed by atoms with E-state index in [-0.39, 0.29) is 41.1 Å². The van der Waals surface area contributed by atoms with Crippen LogP contribution in [-0.2, 0) is 26.7 Å². The Morgan fingerprint density at radius 1 is 1.35 bits per heavy atom. The Balaban J connectivity index is 0.00000338. The van der Waals surface area contributed by atoms with Crippen molar-refractivity contribution in [3.8, 4) is 0 Å². The van der Waals surface area contributed by atoms with Crippen LogP contribution in [0, 0.1) is 0 Å². The van der Waals surface area contributed by atoms with Crippen molar-refractivity contribution >= 4 is 32.4 Å². The van der Waals surface area contributed by atoms with Crippen LogP contribution in [0.1, 0.15) is 18.3 Å². The number of aryl methyl sites for hydroxylation is 1. The standard InChI is InChI=1S/C11H14N6O6S2.Na/c1-2-10-14-16-11(17(10)12)15-13-6-7-3-4-8(24(18,19)20)5-9(7)25(21,22)23;/h3-6H,2,12H2,1H3,(H,15,16)(H,18,19,20)(H,21,22,23);/q;+1/p-1/b13-6+;. The minimum atomic E-state index is -4.90. The van der Waals surface area contributed by atoms with Gasteiger partial charge in [-0.1, -0.05) is 13.0 Å². The Hall–Kier alpha value is -1.55. The number of hydrogen-bond donors (Lipinski definition) is 3. The topological polar surface area (TPSA) is 193 Å². The number of benzene rings is 1. The maximum Gasteiger partial charge on any atom is 1.00 e. The summed E-state index contributed by atoms with van der Waals surface area (Å²) in [5.41, 5.74) is 2.25. The molecule has 0 bridgehead atoms. The third kappa shape index (κ3) is 5.23. The van der Waals surface area contributed by atoms with Crippen molar-refractivity contribution < 1.29 is 55.5 Å². The van der Waals surface area contributed by atoms with Crippen molar-refractivity contribution in [2.45, 2.75) is 23.1 Å². The average molecular weight is 412 g/mol. The van der Waals surface area contributed by atoms with E-state index in [1.165, 1.54) is 0 Å². The van der Waals surface area contributed by atoms with Gasteiger partial charge >= 0.3 is 29.6 Å². The van der Waals surface area contributed by atoms with Gasteiger partial charge in [0.15, 0.2) is 5.82 Å². The summed E-state index contributed by atoms with van der Waals surface area (Å²) < 4.78 is 66.1. The molecule has 1 aromatic carbocycles.